The number of piperidine rings is 1. The summed E-state index contributed by atoms with van der Waals surface area (Å²) in [6.45, 7) is 6.40. The van der Waals surface area contributed by atoms with E-state index < -0.39 is 0 Å². The zero-order chi connectivity index (χ0) is 27.2. The van der Waals surface area contributed by atoms with E-state index >= 15 is 0 Å². The third-order valence-corrected chi connectivity index (χ3v) is 6.81. The van der Waals surface area contributed by atoms with Crippen LogP contribution in [0.15, 0.2) is 42.5 Å². The highest BCUT2D eigenvalue weighted by Crippen LogP contribution is 2.33. The molecule has 2 amide bonds. The lowest BCUT2D eigenvalue weighted by molar-refractivity contribution is -0.151. The topological polar surface area (TPSA) is 102 Å². The average molecular weight is 523 g/mol. The van der Waals surface area contributed by atoms with E-state index in [0.717, 1.165) is 5.56 Å². The van der Waals surface area contributed by atoms with Crippen molar-refractivity contribution in [3.63, 3.8) is 0 Å². The number of anilines is 1. The predicted molar refractivity (Wildman–Crippen MR) is 141 cm³/mol. The van der Waals surface area contributed by atoms with Gasteiger partial charge in [0.25, 0.3) is 5.91 Å². The fraction of sp³-hybridized carbons (Fsp3) is 0.448. The molecule has 0 aromatic heterocycles. The quantitative estimate of drug-likeness (QED) is 0.366. The number of esters is 1. The summed E-state index contributed by atoms with van der Waals surface area (Å²) in [6.07, 6.45) is 1.35. The number of Topliss-reactive ketones (excluding diaryl/α,β-unsaturated/α-hetero) is 1. The molecule has 2 aromatic carbocycles. The Hall–Kier alpha value is -3.88. The van der Waals surface area contributed by atoms with Crippen LogP contribution in [0.2, 0.25) is 0 Å². The Balaban J connectivity index is 1.45. The van der Waals surface area contributed by atoms with Gasteiger partial charge >= 0.3 is 5.97 Å². The van der Waals surface area contributed by atoms with Crippen molar-refractivity contribution in [3.05, 3.63) is 53.6 Å². The molecule has 0 spiro atoms. The molecule has 0 bridgehead atoms. The normalized spacial score (nSPS) is 17.1. The molecule has 0 N–H and O–H groups in total. The molecule has 9 nitrogen and oxygen atoms in total. The second-order valence-corrected chi connectivity index (χ2v) is 9.82. The number of ketones is 1. The molecule has 0 unspecified atom stereocenters. The summed E-state index contributed by atoms with van der Waals surface area (Å²) in [5.41, 5.74) is 1.82. The standard InChI is InChI=1S/C29H34N2O7/c1-4-36-29(35)22-8-6-12-30(15-22)27(33)16-31-24-14-21(10-11-26(24)38-18-28(31)34)25(32)17-37-23-9-5-7-20(13-23)19(2)3/h5,7,9-11,13-14,19,22H,4,6,8,12,15-18H2,1-3H3/t22-/m1/s1. The highest BCUT2D eigenvalue weighted by atomic mass is 16.5. The van der Waals surface area contributed by atoms with Crippen LogP contribution in [0, 0.1) is 5.92 Å². The molecule has 9 heteroatoms. The van der Waals surface area contributed by atoms with Crippen LogP contribution in [0.5, 0.6) is 11.5 Å². The van der Waals surface area contributed by atoms with Crippen molar-refractivity contribution >= 4 is 29.3 Å². The fourth-order valence-electron chi connectivity index (χ4n) is 4.64. The molecule has 4 rings (SSSR count). The van der Waals surface area contributed by atoms with Gasteiger partial charge in [-0.15, -0.1) is 0 Å². The average Bonchev–Trinajstić information content (AvgIpc) is 2.93. The molecule has 202 valence electrons. The maximum absolute atomic E-state index is 13.2. The van der Waals surface area contributed by atoms with Gasteiger partial charge in [-0.1, -0.05) is 26.0 Å². The van der Waals surface area contributed by atoms with Gasteiger partial charge in [0.05, 0.1) is 18.2 Å². The minimum absolute atomic E-state index is 0.170. The molecule has 0 radical (unpaired) electrons. The molecular weight excluding hydrogens is 488 g/mol. The zero-order valence-corrected chi connectivity index (χ0v) is 22.1. The molecular formula is C29H34N2O7. The summed E-state index contributed by atoms with van der Waals surface area (Å²) in [6, 6.07) is 12.4. The van der Waals surface area contributed by atoms with Gasteiger partial charge in [-0.05, 0) is 61.6 Å². The predicted octanol–water partition coefficient (Wildman–Crippen LogP) is 3.60. The zero-order valence-electron chi connectivity index (χ0n) is 22.1. The minimum atomic E-state index is -0.379. The summed E-state index contributed by atoms with van der Waals surface area (Å²) < 4.78 is 16.4. The molecule has 2 aromatic rings. The summed E-state index contributed by atoms with van der Waals surface area (Å²) in [7, 11) is 0. The van der Waals surface area contributed by atoms with Gasteiger partial charge in [0.2, 0.25) is 5.91 Å². The molecule has 2 aliphatic heterocycles. The second-order valence-electron chi connectivity index (χ2n) is 9.82. The number of carbonyl (C=O) groups is 4. The lowest BCUT2D eigenvalue weighted by atomic mass is 9.98. The summed E-state index contributed by atoms with van der Waals surface area (Å²) in [5.74, 6) is -0.229. The Morgan fingerprint density at radius 3 is 2.71 bits per heavy atom. The molecule has 38 heavy (non-hydrogen) atoms. The lowest BCUT2D eigenvalue weighted by Gasteiger charge is -2.34. The van der Waals surface area contributed by atoms with Crippen LogP contribution in [0.3, 0.4) is 0 Å². The maximum atomic E-state index is 13.2. The van der Waals surface area contributed by atoms with Gasteiger partial charge in [0.15, 0.2) is 19.0 Å². The Kier molecular flexibility index (Phi) is 8.66. The lowest BCUT2D eigenvalue weighted by Crippen LogP contribution is -2.49. The number of carbonyl (C=O) groups excluding carboxylic acids is 4. The van der Waals surface area contributed by atoms with Crippen LogP contribution >= 0.6 is 0 Å². The number of fused-ring (bicyclic) bond motifs is 1. The number of nitrogens with zero attached hydrogens (tertiary/aromatic N) is 2. The van der Waals surface area contributed by atoms with Crippen molar-refractivity contribution in [2.45, 2.75) is 39.5 Å². The first-order valence-electron chi connectivity index (χ1n) is 13.0. The van der Waals surface area contributed by atoms with Crippen molar-refractivity contribution in [3.8, 4) is 11.5 Å². The summed E-state index contributed by atoms with van der Waals surface area (Å²) in [4.78, 5) is 54.0. The molecule has 1 atom stereocenters. The van der Waals surface area contributed by atoms with Crippen molar-refractivity contribution in [1.82, 2.24) is 4.90 Å². The van der Waals surface area contributed by atoms with Crippen LogP contribution in [-0.2, 0) is 19.1 Å². The van der Waals surface area contributed by atoms with Gasteiger partial charge in [0.1, 0.15) is 18.0 Å². The van der Waals surface area contributed by atoms with E-state index in [2.05, 4.69) is 13.8 Å². The largest absolute Gasteiger partial charge is 0.485 e. The molecule has 0 saturated carbocycles. The van der Waals surface area contributed by atoms with Crippen LogP contribution in [0.25, 0.3) is 0 Å². The van der Waals surface area contributed by atoms with Crippen molar-refractivity contribution < 1.29 is 33.4 Å². The van der Waals surface area contributed by atoms with Gasteiger partial charge in [0, 0.05) is 18.7 Å². The highest BCUT2D eigenvalue weighted by Gasteiger charge is 2.33. The molecule has 2 aliphatic rings. The van der Waals surface area contributed by atoms with E-state index in [4.69, 9.17) is 14.2 Å². The van der Waals surface area contributed by atoms with E-state index in [1.165, 1.54) is 4.90 Å². The number of hydrogen-bond acceptors (Lipinski definition) is 7. The SMILES string of the molecule is CCOC(=O)[C@@H]1CCCN(C(=O)CN2C(=O)COc3ccc(C(=O)COc4cccc(C(C)C)c4)cc32)C1. The maximum Gasteiger partial charge on any atom is 0.310 e. The number of amides is 2. The van der Waals surface area contributed by atoms with Gasteiger partial charge in [-0.25, -0.2) is 0 Å². The highest BCUT2D eigenvalue weighted by molar-refractivity contribution is 6.04. The van der Waals surface area contributed by atoms with E-state index in [0.29, 0.717) is 54.7 Å². The van der Waals surface area contributed by atoms with E-state index in [9.17, 15) is 19.2 Å². The van der Waals surface area contributed by atoms with E-state index in [1.807, 2.05) is 18.2 Å². The van der Waals surface area contributed by atoms with Crippen molar-refractivity contribution in [2.24, 2.45) is 5.92 Å². The Labute approximate surface area is 222 Å². The fourth-order valence-corrected chi connectivity index (χ4v) is 4.64. The first-order chi connectivity index (χ1) is 18.3. The molecule has 1 saturated heterocycles. The summed E-state index contributed by atoms with van der Waals surface area (Å²) >= 11 is 0. The molecule has 0 aliphatic carbocycles. The minimum Gasteiger partial charge on any atom is -0.485 e. The van der Waals surface area contributed by atoms with Crippen LogP contribution in [-0.4, -0.2) is 67.9 Å². The van der Waals surface area contributed by atoms with E-state index in [1.54, 1.807) is 36.1 Å². The first-order valence-corrected chi connectivity index (χ1v) is 13.0. The molecule has 2 heterocycles. The third kappa shape index (κ3) is 6.33. The van der Waals surface area contributed by atoms with Gasteiger partial charge in [-0.2, -0.15) is 0 Å². The first kappa shape index (κ1) is 27.2. The smallest absolute Gasteiger partial charge is 0.310 e. The van der Waals surface area contributed by atoms with Crippen LogP contribution < -0.4 is 14.4 Å². The second kappa shape index (κ2) is 12.1. The van der Waals surface area contributed by atoms with Crippen molar-refractivity contribution in [1.29, 1.82) is 0 Å². The van der Waals surface area contributed by atoms with Crippen LogP contribution in [0.4, 0.5) is 5.69 Å². The third-order valence-electron chi connectivity index (χ3n) is 6.81. The number of benzene rings is 2. The van der Waals surface area contributed by atoms with E-state index in [-0.39, 0.29) is 55.8 Å². The van der Waals surface area contributed by atoms with Crippen LogP contribution in [0.1, 0.15) is 55.5 Å². The Morgan fingerprint density at radius 1 is 1.13 bits per heavy atom. The molecule has 1 fully saturated rings. The number of ether oxygens (including phenoxy) is 3. The summed E-state index contributed by atoms with van der Waals surface area (Å²) in [5, 5.41) is 0. The van der Waals surface area contributed by atoms with Gasteiger partial charge in [-0.3, -0.25) is 24.1 Å². The Morgan fingerprint density at radius 2 is 1.95 bits per heavy atom. The van der Waals surface area contributed by atoms with Crippen molar-refractivity contribution in [2.75, 3.05) is 44.4 Å². The van der Waals surface area contributed by atoms with Gasteiger partial charge < -0.3 is 19.1 Å². The number of rotatable bonds is 9. The number of likely N-dealkylation sites (tertiary alicyclic amines) is 1. The Bertz CT molecular complexity index is 1210. The monoisotopic (exact) mass is 522 g/mol. The number of hydrogen-bond donors (Lipinski definition) is 0.